The van der Waals surface area contributed by atoms with Crippen molar-refractivity contribution in [3.63, 3.8) is 0 Å². The van der Waals surface area contributed by atoms with E-state index in [1.807, 2.05) is 24.3 Å². The normalized spacial score (nSPS) is 18.5. The van der Waals surface area contributed by atoms with Crippen LogP contribution >= 0.6 is 0 Å². The largest absolute Gasteiger partial charge is 0.465 e. The minimum atomic E-state index is -0.882. The molecular weight excluding hydrogens is 502 g/mol. The van der Waals surface area contributed by atoms with Gasteiger partial charge in [-0.2, -0.15) is 0 Å². The van der Waals surface area contributed by atoms with E-state index in [2.05, 4.69) is 16.3 Å². The molecule has 0 radical (unpaired) electrons. The highest BCUT2D eigenvalue weighted by molar-refractivity contribution is 6.02. The molecule has 3 aliphatic rings. The van der Waals surface area contributed by atoms with Crippen LogP contribution in [0.1, 0.15) is 63.1 Å². The van der Waals surface area contributed by atoms with Gasteiger partial charge in [-0.05, 0) is 72.7 Å². The van der Waals surface area contributed by atoms with Gasteiger partial charge in [-0.1, -0.05) is 30.3 Å². The summed E-state index contributed by atoms with van der Waals surface area (Å²) < 4.78 is 38.1. The van der Waals surface area contributed by atoms with Crippen molar-refractivity contribution in [3.05, 3.63) is 100 Å². The number of hydrogen-bond donors (Lipinski definition) is 1. The molecule has 1 saturated carbocycles. The number of rotatable bonds is 6. The molecule has 1 saturated heterocycles. The van der Waals surface area contributed by atoms with Gasteiger partial charge in [0.1, 0.15) is 0 Å². The summed E-state index contributed by atoms with van der Waals surface area (Å²) in [7, 11) is 1.34. The third-order valence-corrected chi connectivity index (χ3v) is 8.43. The Labute approximate surface area is 225 Å². The second-order valence-electron chi connectivity index (χ2n) is 10.8. The molecule has 3 aromatic rings. The number of nitrogens with zero attached hydrogens (tertiary/aromatic N) is 1. The van der Waals surface area contributed by atoms with Crippen LogP contribution in [0.3, 0.4) is 0 Å². The summed E-state index contributed by atoms with van der Waals surface area (Å²) in [6.45, 7) is 2.31. The van der Waals surface area contributed by atoms with E-state index in [9.17, 15) is 18.4 Å². The highest BCUT2D eigenvalue weighted by Crippen LogP contribution is 2.50. The lowest BCUT2D eigenvalue weighted by Gasteiger charge is -2.34. The van der Waals surface area contributed by atoms with Crippen molar-refractivity contribution >= 4 is 17.6 Å². The van der Waals surface area contributed by atoms with Crippen molar-refractivity contribution in [1.29, 1.82) is 0 Å². The van der Waals surface area contributed by atoms with E-state index < -0.39 is 23.1 Å². The van der Waals surface area contributed by atoms with Gasteiger partial charge in [-0.25, -0.2) is 13.6 Å². The predicted octanol–water partition coefficient (Wildman–Crippen LogP) is 5.24. The van der Waals surface area contributed by atoms with Crippen molar-refractivity contribution in [2.24, 2.45) is 0 Å². The number of anilines is 1. The van der Waals surface area contributed by atoms with E-state index in [-0.39, 0.29) is 11.3 Å². The van der Waals surface area contributed by atoms with Crippen molar-refractivity contribution in [1.82, 2.24) is 5.32 Å². The lowest BCUT2D eigenvalue weighted by Crippen LogP contribution is -2.38. The Kier molecular flexibility index (Phi) is 6.38. The maximum absolute atomic E-state index is 14.0. The van der Waals surface area contributed by atoms with Gasteiger partial charge in [0.05, 0.1) is 29.5 Å². The van der Waals surface area contributed by atoms with Crippen molar-refractivity contribution in [3.8, 4) is 0 Å². The molecule has 39 heavy (non-hydrogen) atoms. The summed E-state index contributed by atoms with van der Waals surface area (Å²) in [5, 5.41) is 3.27. The zero-order valence-electron chi connectivity index (χ0n) is 21.8. The number of halogens is 2. The van der Waals surface area contributed by atoms with Crippen LogP contribution in [0, 0.1) is 11.6 Å². The molecule has 6 nitrogen and oxygen atoms in total. The van der Waals surface area contributed by atoms with Gasteiger partial charge in [-0.3, -0.25) is 4.79 Å². The fourth-order valence-corrected chi connectivity index (χ4v) is 6.15. The summed E-state index contributed by atoms with van der Waals surface area (Å²) in [6.07, 6.45) is 3.25. The Bertz CT molecular complexity index is 1430. The Morgan fingerprint density at radius 2 is 1.72 bits per heavy atom. The molecule has 0 atom stereocenters. The van der Waals surface area contributed by atoms with Crippen molar-refractivity contribution in [2.45, 2.75) is 43.2 Å². The number of benzene rings is 3. The second-order valence-corrected chi connectivity index (χ2v) is 10.8. The first kappa shape index (κ1) is 25.5. The molecule has 3 aromatic carbocycles. The molecule has 6 rings (SSSR count). The summed E-state index contributed by atoms with van der Waals surface area (Å²) in [4.78, 5) is 27.9. The van der Waals surface area contributed by atoms with Crippen LogP contribution in [-0.2, 0) is 27.0 Å². The molecule has 1 N–H and O–H groups in total. The first-order valence-electron chi connectivity index (χ1n) is 13.3. The first-order valence-corrected chi connectivity index (χ1v) is 13.3. The third-order valence-electron chi connectivity index (χ3n) is 8.43. The van der Waals surface area contributed by atoms with E-state index in [0.717, 1.165) is 48.6 Å². The van der Waals surface area contributed by atoms with E-state index in [1.54, 1.807) is 18.2 Å². The topological polar surface area (TPSA) is 67.9 Å². The van der Waals surface area contributed by atoms with Gasteiger partial charge in [0.2, 0.25) is 0 Å². The molecule has 202 valence electrons. The molecule has 1 amide bonds. The average Bonchev–Trinajstić information content (AvgIpc) is 3.68. The first-order chi connectivity index (χ1) is 18.8. The molecule has 2 fully saturated rings. The number of amides is 1. The predicted molar refractivity (Wildman–Crippen MR) is 142 cm³/mol. The van der Waals surface area contributed by atoms with Crippen molar-refractivity contribution < 1.29 is 27.8 Å². The highest BCUT2D eigenvalue weighted by atomic mass is 19.2. The Balaban J connectivity index is 1.32. The third kappa shape index (κ3) is 4.56. The zero-order chi connectivity index (χ0) is 27.2. The molecule has 2 heterocycles. The van der Waals surface area contributed by atoms with Crippen LogP contribution < -0.4 is 10.2 Å². The maximum atomic E-state index is 14.0. The smallest absolute Gasteiger partial charge is 0.337 e. The molecule has 1 spiro atoms. The number of ether oxygens (including phenoxy) is 2. The summed E-state index contributed by atoms with van der Waals surface area (Å²) >= 11 is 0. The standard InChI is InChI=1S/C31H30F2N2O4/c1-38-29(37)21-6-8-22(9-7-21)31(11-12-31)34-28(36)23-3-2-4-24-27(23)35(19-30(24)13-15-39-16-14-30)18-20-5-10-25(32)26(33)17-20/h2-10,17H,11-16,18-19H2,1H3,(H,34,36). The van der Waals surface area contributed by atoms with Crippen LogP contribution in [-0.4, -0.2) is 38.7 Å². The number of para-hydroxylation sites is 1. The van der Waals surface area contributed by atoms with Crippen LogP contribution in [0.25, 0.3) is 0 Å². The van der Waals surface area contributed by atoms with E-state index >= 15 is 0 Å². The molecular formula is C31H30F2N2O4. The minimum Gasteiger partial charge on any atom is -0.465 e. The SMILES string of the molecule is COC(=O)c1ccc(C2(NC(=O)c3cccc4c3N(Cc3ccc(F)c(F)c3)CC43CCOCC3)CC2)cc1. The quantitative estimate of drug-likeness (QED) is 0.440. The number of hydrogen-bond acceptors (Lipinski definition) is 5. The average molecular weight is 533 g/mol. The van der Waals surface area contributed by atoms with Crippen LogP contribution in [0.5, 0.6) is 0 Å². The van der Waals surface area contributed by atoms with Gasteiger partial charge < -0.3 is 19.7 Å². The fourth-order valence-electron chi connectivity index (χ4n) is 6.15. The number of nitrogens with one attached hydrogen (secondary N) is 1. The Hall–Kier alpha value is -3.78. The Morgan fingerprint density at radius 3 is 2.38 bits per heavy atom. The van der Waals surface area contributed by atoms with Gasteiger partial charge >= 0.3 is 5.97 Å². The molecule has 1 aliphatic carbocycles. The van der Waals surface area contributed by atoms with E-state index in [0.29, 0.717) is 43.0 Å². The van der Waals surface area contributed by atoms with Crippen LogP contribution in [0.4, 0.5) is 14.5 Å². The number of methoxy groups -OCH3 is 1. The van der Waals surface area contributed by atoms with E-state index in [1.165, 1.54) is 13.2 Å². The summed E-state index contributed by atoms with van der Waals surface area (Å²) in [6, 6.07) is 17.0. The van der Waals surface area contributed by atoms with Crippen molar-refractivity contribution in [2.75, 3.05) is 31.8 Å². The van der Waals surface area contributed by atoms with Crippen LogP contribution in [0.2, 0.25) is 0 Å². The Morgan fingerprint density at radius 1 is 0.974 bits per heavy atom. The van der Waals surface area contributed by atoms with Gasteiger partial charge in [-0.15, -0.1) is 0 Å². The lowest BCUT2D eigenvalue weighted by atomic mass is 9.75. The monoisotopic (exact) mass is 532 g/mol. The number of fused-ring (bicyclic) bond motifs is 2. The van der Waals surface area contributed by atoms with E-state index in [4.69, 9.17) is 9.47 Å². The summed E-state index contributed by atoms with van der Waals surface area (Å²) in [5.41, 5.74) is 3.90. The molecule has 2 aliphatic heterocycles. The number of carbonyl (C=O) groups excluding carboxylic acids is 2. The second kappa shape index (κ2) is 9.75. The van der Waals surface area contributed by atoms with Gasteiger partial charge in [0.15, 0.2) is 11.6 Å². The number of esters is 1. The molecule has 0 aromatic heterocycles. The molecule has 0 unspecified atom stereocenters. The lowest BCUT2D eigenvalue weighted by molar-refractivity contribution is 0.0552. The highest BCUT2D eigenvalue weighted by Gasteiger charge is 2.48. The van der Waals surface area contributed by atoms with Gasteiger partial charge in [0.25, 0.3) is 5.91 Å². The van der Waals surface area contributed by atoms with Gasteiger partial charge in [0, 0.05) is 31.7 Å². The summed E-state index contributed by atoms with van der Waals surface area (Å²) in [5.74, 6) is -2.34. The zero-order valence-corrected chi connectivity index (χ0v) is 21.8. The minimum absolute atomic E-state index is 0.163. The molecule has 8 heteroatoms. The molecule has 0 bridgehead atoms. The fraction of sp³-hybridized carbons (Fsp3) is 0.355. The maximum Gasteiger partial charge on any atom is 0.337 e. The number of carbonyl (C=O) groups is 2. The van der Waals surface area contributed by atoms with Crippen LogP contribution in [0.15, 0.2) is 60.7 Å².